The maximum atomic E-state index is 5.77. The Morgan fingerprint density at radius 2 is 1.84 bits per heavy atom. The standard InChI is InChI=1S/C17H28N2/c1-3-19(17-6-4-5-14(2)11-17)13-16-9-7-15(12-18)8-10-16/h4-6,11,15-16H,3,7-10,12-13,18H2,1-2H3. The van der Waals surface area contributed by atoms with Crippen molar-refractivity contribution in [3.8, 4) is 0 Å². The van der Waals surface area contributed by atoms with Gasteiger partial charge < -0.3 is 10.6 Å². The number of anilines is 1. The van der Waals surface area contributed by atoms with Crippen LogP contribution in [0, 0.1) is 18.8 Å². The Labute approximate surface area is 118 Å². The van der Waals surface area contributed by atoms with Gasteiger partial charge in [0.15, 0.2) is 0 Å². The quantitative estimate of drug-likeness (QED) is 0.876. The van der Waals surface area contributed by atoms with Crippen molar-refractivity contribution in [3.05, 3.63) is 29.8 Å². The number of benzene rings is 1. The van der Waals surface area contributed by atoms with Crippen molar-refractivity contribution in [2.24, 2.45) is 17.6 Å². The summed E-state index contributed by atoms with van der Waals surface area (Å²) in [5.41, 5.74) is 8.50. The van der Waals surface area contributed by atoms with E-state index >= 15 is 0 Å². The van der Waals surface area contributed by atoms with Gasteiger partial charge in [0, 0.05) is 18.8 Å². The molecule has 1 fully saturated rings. The van der Waals surface area contributed by atoms with E-state index in [4.69, 9.17) is 5.73 Å². The van der Waals surface area contributed by atoms with Gasteiger partial charge in [0.25, 0.3) is 0 Å². The maximum Gasteiger partial charge on any atom is 0.0368 e. The van der Waals surface area contributed by atoms with Crippen molar-refractivity contribution < 1.29 is 0 Å². The molecule has 2 heteroatoms. The Hall–Kier alpha value is -1.02. The van der Waals surface area contributed by atoms with Crippen molar-refractivity contribution in [2.75, 3.05) is 24.5 Å². The fraction of sp³-hybridized carbons (Fsp3) is 0.647. The molecule has 0 aromatic heterocycles. The van der Waals surface area contributed by atoms with Crippen LogP contribution >= 0.6 is 0 Å². The Balaban J connectivity index is 1.93. The molecule has 1 saturated carbocycles. The zero-order valence-corrected chi connectivity index (χ0v) is 12.4. The van der Waals surface area contributed by atoms with Crippen LogP contribution in [0.25, 0.3) is 0 Å². The van der Waals surface area contributed by atoms with E-state index in [1.54, 1.807) is 0 Å². The molecule has 2 N–H and O–H groups in total. The monoisotopic (exact) mass is 260 g/mol. The fourth-order valence-corrected chi connectivity index (χ4v) is 3.20. The van der Waals surface area contributed by atoms with Crippen LogP contribution in [-0.4, -0.2) is 19.6 Å². The first-order chi connectivity index (χ1) is 9.22. The molecule has 1 aromatic carbocycles. The van der Waals surface area contributed by atoms with Crippen LogP contribution in [0.5, 0.6) is 0 Å². The second kappa shape index (κ2) is 6.95. The summed E-state index contributed by atoms with van der Waals surface area (Å²) in [6, 6.07) is 8.87. The lowest BCUT2D eigenvalue weighted by atomic mass is 9.82. The average Bonchev–Trinajstić information content (AvgIpc) is 2.45. The third-order valence-electron chi connectivity index (χ3n) is 4.53. The lowest BCUT2D eigenvalue weighted by Crippen LogP contribution is -2.32. The molecule has 0 amide bonds. The Morgan fingerprint density at radius 3 is 2.42 bits per heavy atom. The summed E-state index contributed by atoms with van der Waals surface area (Å²) in [4.78, 5) is 2.53. The third kappa shape index (κ3) is 3.97. The van der Waals surface area contributed by atoms with Crippen molar-refractivity contribution >= 4 is 5.69 Å². The van der Waals surface area contributed by atoms with Gasteiger partial charge >= 0.3 is 0 Å². The maximum absolute atomic E-state index is 5.77. The second-order valence-electron chi connectivity index (χ2n) is 6.00. The van der Waals surface area contributed by atoms with E-state index in [9.17, 15) is 0 Å². The summed E-state index contributed by atoms with van der Waals surface area (Å²) in [6.07, 6.45) is 5.35. The molecule has 1 aromatic rings. The van der Waals surface area contributed by atoms with Gasteiger partial charge in [-0.1, -0.05) is 12.1 Å². The molecule has 0 atom stereocenters. The molecule has 2 rings (SSSR count). The predicted molar refractivity (Wildman–Crippen MR) is 83.6 cm³/mol. The van der Waals surface area contributed by atoms with Gasteiger partial charge in [-0.25, -0.2) is 0 Å². The van der Waals surface area contributed by atoms with Crippen molar-refractivity contribution in [1.29, 1.82) is 0 Å². The number of hydrogen-bond acceptors (Lipinski definition) is 2. The molecular formula is C17H28N2. The molecule has 2 nitrogen and oxygen atoms in total. The van der Waals surface area contributed by atoms with E-state index in [-0.39, 0.29) is 0 Å². The molecule has 106 valence electrons. The van der Waals surface area contributed by atoms with Crippen LogP contribution in [0.4, 0.5) is 5.69 Å². The smallest absolute Gasteiger partial charge is 0.0368 e. The first-order valence-electron chi connectivity index (χ1n) is 7.74. The van der Waals surface area contributed by atoms with Gasteiger partial charge in [0.05, 0.1) is 0 Å². The van der Waals surface area contributed by atoms with Gasteiger partial charge in [-0.3, -0.25) is 0 Å². The molecule has 0 aliphatic heterocycles. The highest BCUT2D eigenvalue weighted by atomic mass is 15.1. The number of aryl methyl sites for hydroxylation is 1. The summed E-state index contributed by atoms with van der Waals surface area (Å²) in [5, 5.41) is 0. The van der Waals surface area contributed by atoms with E-state index in [1.807, 2.05) is 0 Å². The van der Waals surface area contributed by atoms with Crippen LogP contribution in [0.3, 0.4) is 0 Å². The SMILES string of the molecule is CCN(CC1CCC(CN)CC1)c1cccc(C)c1. The largest absolute Gasteiger partial charge is 0.372 e. The van der Waals surface area contributed by atoms with Crippen molar-refractivity contribution in [2.45, 2.75) is 39.5 Å². The predicted octanol–water partition coefficient (Wildman–Crippen LogP) is 3.59. The van der Waals surface area contributed by atoms with Gasteiger partial charge in [-0.2, -0.15) is 0 Å². The summed E-state index contributed by atoms with van der Waals surface area (Å²) in [7, 11) is 0. The molecular weight excluding hydrogens is 232 g/mol. The molecule has 0 radical (unpaired) electrons. The zero-order chi connectivity index (χ0) is 13.7. The van der Waals surface area contributed by atoms with E-state index in [1.165, 1.54) is 43.5 Å². The van der Waals surface area contributed by atoms with Crippen LogP contribution in [0.15, 0.2) is 24.3 Å². The summed E-state index contributed by atoms with van der Waals surface area (Å²) < 4.78 is 0. The molecule has 1 aliphatic rings. The molecule has 0 heterocycles. The number of nitrogens with two attached hydrogens (primary N) is 1. The van der Waals surface area contributed by atoms with E-state index in [0.29, 0.717) is 0 Å². The highest BCUT2D eigenvalue weighted by molar-refractivity contribution is 5.48. The van der Waals surface area contributed by atoms with Crippen molar-refractivity contribution in [3.63, 3.8) is 0 Å². The minimum Gasteiger partial charge on any atom is -0.372 e. The van der Waals surface area contributed by atoms with Gasteiger partial charge in [0.2, 0.25) is 0 Å². The molecule has 0 bridgehead atoms. The highest BCUT2D eigenvalue weighted by Crippen LogP contribution is 2.30. The van der Waals surface area contributed by atoms with Gasteiger partial charge in [-0.15, -0.1) is 0 Å². The van der Waals surface area contributed by atoms with E-state index in [0.717, 1.165) is 24.9 Å². The van der Waals surface area contributed by atoms with Crippen LogP contribution < -0.4 is 10.6 Å². The first-order valence-corrected chi connectivity index (χ1v) is 7.74. The number of nitrogens with zero attached hydrogens (tertiary/aromatic N) is 1. The summed E-state index contributed by atoms with van der Waals surface area (Å²) in [5.74, 6) is 1.63. The average molecular weight is 260 g/mol. The molecule has 1 aliphatic carbocycles. The lowest BCUT2D eigenvalue weighted by Gasteiger charge is -2.33. The van der Waals surface area contributed by atoms with Gasteiger partial charge in [0.1, 0.15) is 0 Å². The van der Waals surface area contributed by atoms with Crippen LogP contribution in [-0.2, 0) is 0 Å². The minimum atomic E-state index is 0.783. The fourth-order valence-electron chi connectivity index (χ4n) is 3.20. The topological polar surface area (TPSA) is 29.3 Å². The summed E-state index contributed by atoms with van der Waals surface area (Å²) in [6.45, 7) is 7.61. The lowest BCUT2D eigenvalue weighted by molar-refractivity contribution is 0.281. The molecule has 19 heavy (non-hydrogen) atoms. The van der Waals surface area contributed by atoms with Crippen LogP contribution in [0.2, 0.25) is 0 Å². The molecule has 0 saturated heterocycles. The Morgan fingerprint density at radius 1 is 1.16 bits per heavy atom. The second-order valence-corrected chi connectivity index (χ2v) is 6.00. The van der Waals surface area contributed by atoms with Crippen LogP contribution in [0.1, 0.15) is 38.2 Å². The number of rotatable bonds is 5. The summed E-state index contributed by atoms with van der Waals surface area (Å²) >= 11 is 0. The zero-order valence-electron chi connectivity index (χ0n) is 12.4. The number of hydrogen-bond donors (Lipinski definition) is 1. The third-order valence-corrected chi connectivity index (χ3v) is 4.53. The Bertz CT molecular complexity index is 381. The highest BCUT2D eigenvalue weighted by Gasteiger charge is 2.21. The van der Waals surface area contributed by atoms with E-state index in [2.05, 4.69) is 43.0 Å². The van der Waals surface area contributed by atoms with Gasteiger partial charge in [-0.05, 0) is 75.6 Å². The molecule has 0 spiro atoms. The Kier molecular flexibility index (Phi) is 5.26. The normalized spacial score (nSPS) is 23.3. The first kappa shape index (κ1) is 14.4. The van der Waals surface area contributed by atoms with Crippen molar-refractivity contribution in [1.82, 2.24) is 0 Å². The van der Waals surface area contributed by atoms with E-state index < -0.39 is 0 Å². The minimum absolute atomic E-state index is 0.783. The molecule has 0 unspecified atom stereocenters.